The van der Waals surface area contributed by atoms with Crippen LogP contribution >= 0.6 is 0 Å². The minimum absolute atomic E-state index is 0.0543. The number of methoxy groups -OCH3 is 1. The van der Waals surface area contributed by atoms with E-state index in [2.05, 4.69) is 0 Å². The summed E-state index contributed by atoms with van der Waals surface area (Å²) in [6.07, 6.45) is 6.53. The van der Waals surface area contributed by atoms with Crippen LogP contribution in [0.1, 0.15) is 36.0 Å². The average molecular weight is 622 g/mol. The molecule has 0 radical (unpaired) electrons. The van der Waals surface area contributed by atoms with Gasteiger partial charge >= 0.3 is 0 Å². The van der Waals surface area contributed by atoms with Crippen LogP contribution in [-0.2, 0) is 26.7 Å². The highest BCUT2D eigenvalue weighted by Crippen LogP contribution is 2.66. The van der Waals surface area contributed by atoms with Gasteiger partial charge in [-0.25, -0.2) is 8.42 Å². The zero-order valence-electron chi connectivity index (χ0n) is 24.1. The lowest BCUT2D eigenvalue weighted by atomic mass is 9.48. The summed E-state index contributed by atoms with van der Waals surface area (Å²) in [6.45, 7) is 0.0543. The molecule has 2 bridgehead atoms. The van der Waals surface area contributed by atoms with Crippen molar-refractivity contribution in [3.63, 3.8) is 0 Å². The van der Waals surface area contributed by atoms with Crippen molar-refractivity contribution in [3.05, 3.63) is 87.9 Å². The van der Waals surface area contributed by atoms with Crippen LogP contribution in [0.25, 0.3) is 6.08 Å². The average Bonchev–Trinajstić information content (AvgIpc) is 3.65. The van der Waals surface area contributed by atoms with Crippen molar-refractivity contribution in [3.8, 4) is 11.5 Å². The Bertz CT molecular complexity index is 1810. The molecule has 3 aromatic rings. The molecule has 2 aliphatic carbocycles. The highest BCUT2D eigenvalue weighted by Gasteiger charge is 2.74. The van der Waals surface area contributed by atoms with Crippen LogP contribution in [0.3, 0.4) is 0 Å². The van der Waals surface area contributed by atoms with Crippen LogP contribution in [0.15, 0.2) is 70.4 Å². The molecular weight excluding hydrogens is 590 g/mol. The molecular formula is C31H31N3O9S. The second kappa shape index (κ2) is 9.91. The number of carbonyl (C=O) groups excluding carboxylic acids is 1. The lowest BCUT2D eigenvalue weighted by Gasteiger charge is -2.64. The van der Waals surface area contributed by atoms with Crippen molar-refractivity contribution in [1.29, 1.82) is 0 Å². The zero-order valence-corrected chi connectivity index (χ0v) is 24.9. The van der Waals surface area contributed by atoms with Gasteiger partial charge in [0.1, 0.15) is 6.10 Å². The SMILES string of the molecule is COc1ccc2c3c1O[C@H]1[C@H](N(C)C(=O)/C=C\c4ccoc4)CC[C@@]4(O)[C@@H](C2)N(S(=O)(=O)c2cccc([N+](=O)[O-])c2)CC[C@]314. The van der Waals surface area contributed by atoms with Crippen molar-refractivity contribution in [2.24, 2.45) is 0 Å². The van der Waals surface area contributed by atoms with E-state index >= 15 is 0 Å². The van der Waals surface area contributed by atoms with E-state index in [1.54, 1.807) is 37.3 Å². The zero-order chi connectivity index (χ0) is 31.0. The van der Waals surface area contributed by atoms with Gasteiger partial charge in [0.2, 0.25) is 15.9 Å². The molecule has 12 nitrogen and oxygen atoms in total. The van der Waals surface area contributed by atoms with E-state index in [1.165, 1.54) is 41.1 Å². The lowest BCUT2D eigenvalue weighted by molar-refractivity contribution is -0.385. The van der Waals surface area contributed by atoms with Gasteiger partial charge < -0.3 is 23.9 Å². The van der Waals surface area contributed by atoms with Crippen LogP contribution in [0.4, 0.5) is 5.69 Å². The van der Waals surface area contributed by atoms with Gasteiger partial charge in [-0.1, -0.05) is 12.1 Å². The number of aliphatic hydroxyl groups is 1. The second-order valence-electron chi connectivity index (χ2n) is 11.9. The molecule has 7 rings (SSSR count). The topological polar surface area (TPSA) is 153 Å². The number of sulfonamides is 1. The van der Waals surface area contributed by atoms with Crippen LogP contribution in [0, 0.1) is 10.1 Å². The molecule has 2 aliphatic heterocycles. The molecule has 1 saturated carbocycles. The Balaban J connectivity index is 1.31. The monoisotopic (exact) mass is 621 g/mol. The normalized spacial score (nSPS) is 28.8. The first kappa shape index (κ1) is 28.6. The van der Waals surface area contributed by atoms with Gasteiger partial charge in [-0.2, -0.15) is 4.31 Å². The minimum Gasteiger partial charge on any atom is -0.493 e. The van der Waals surface area contributed by atoms with E-state index in [0.717, 1.165) is 22.8 Å². The number of non-ortho nitro benzene ring substituents is 1. The minimum atomic E-state index is -4.23. The Morgan fingerprint density at radius 3 is 2.80 bits per heavy atom. The smallest absolute Gasteiger partial charge is 0.270 e. The highest BCUT2D eigenvalue weighted by atomic mass is 32.2. The Morgan fingerprint density at radius 2 is 2.07 bits per heavy atom. The van der Waals surface area contributed by atoms with Crippen LogP contribution in [-0.4, -0.2) is 78.1 Å². The number of nitrogens with zero attached hydrogens (tertiary/aromatic N) is 3. The fraction of sp³-hybridized carbons (Fsp3) is 0.387. The maximum absolute atomic E-state index is 14.1. The molecule has 1 amide bonds. The summed E-state index contributed by atoms with van der Waals surface area (Å²) in [5.41, 5.74) is -0.492. The summed E-state index contributed by atoms with van der Waals surface area (Å²) in [5.74, 6) is 0.777. The quantitative estimate of drug-likeness (QED) is 0.238. The van der Waals surface area contributed by atoms with Crippen molar-refractivity contribution in [1.82, 2.24) is 9.21 Å². The van der Waals surface area contributed by atoms with Crippen molar-refractivity contribution < 1.29 is 37.1 Å². The molecule has 0 unspecified atom stereocenters. The fourth-order valence-corrected chi connectivity index (χ4v) is 9.73. The summed E-state index contributed by atoms with van der Waals surface area (Å²) in [7, 11) is -0.975. The number of carbonyl (C=O) groups is 1. The van der Waals surface area contributed by atoms with Gasteiger partial charge in [0.25, 0.3) is 5.69 Å². The molecule has 1 saturated heterocycles. The molecule has 13 heteroatoms. The predicted octanol–water partition coefficient (Wildman–Crippen LogP) is 3.28. The summed E-state index contributed by atoms with van der Waals surface area (Å²) < 4.78 is 46.9. The number of nitro groups is 1. The number of ether oxygens (including phenoxy) is 2. The molecule has 2 aromatic carbocycles. The number of likely N-dealkylation sites (N-methyl/N-ethyl adjacent to an activating group) is 1. The van der Waals surface area contributed by atoms with Crippen molar-refractivity contribution in [2.45, 2.75) is 59.8 Å². The van der Waals surface area contributed by atoms with E-state index in [4.69, 9.17) is 13.9 Å². The third-order valence-electron chi connectivity index (χ3n) is 10.0. The third-order valence-corrected chi connectivity index (χ3v) is 11.9. The summed E-state index contributed by atoms with van der Waals surface area (Å²) in [5, 5.41) is 24.2. The number of piperidine rings is 1. The Morgan fingerprint density at radius 1 is 1.25 bits per heavy atom. The van der Waals surface area contributed by atoms with E-state index in [0.29, 0.717) is 17.9 Å². The van der Waals surface area contributed by atoms with Crippen molar-refractivity contribution in [2.75, 3.05) is 20.7 Å². The number of furan rings is 1. The first-order chi connectivity index (χ1) is 21.0. The predicted molar refractivity (Wildman–Crippen MR) is 157 cm³/mol. The Labute approximate surface area is 253 Å². The summed E-state index contributed by atoms with van der Waals surface area (Å²) in [6, 6.07) is 9.10. The molecule has 230 valence electrons. The number of rotatable bonds is 7. The molecule has 5 atom stereocenters. The summed E-state index contributed by atoms with van der Waals surface area (Å²) >= 11 is 0. The van der Waals surface area contributed by atoms with Gasteiger partial charge in [-0.05, 0) is 55.5 Å². The number of benzene rings is 2. The van der Waals surface area contributed by atoms with Crippen LogP contribution in [0.2, 0.25) is 0 Å². The van der Waals surface area contributed by atoms with E-state index in [-0.39, 0.29) is 42.3 Å². The fourth-order valence-electron chi connectivity index (χ4n) is 8.03. The van der Waals surface area contributed by atoms with E-state index in [1.807, 2.05) is 6.07 Å². The molecule has 2 fully saturated rings. The van der Waals surface area contributed by atoms with E-state index < -0.39 is 44.2 Å². The molecule has 44 heavy (non-hydrogen) atoms. The first-order valence-electron chi connectivity index (χ1n) is 14.4. The number of hydrogen-bond donors (Lipinski definition) is 1. The Kier molecular flexibility index (Phi) is 6.43. The summed E-state index contributed by atoms with van der Waals surface area (Å²) in [4.78, 5) is 25.6. The first-order valence-corrected chi connectivity index (χ1v) is 15.8. The molecule has 1 spiro atoms. The van der Waals surface area contributed by atoms with Crippen LogP contribution < -0.4 is 9.47 Å². The molecule has 3 heterocycles. The lowest BCUT2D eigenvalue weighted by Crippen LogP contribution is -2.78. The van der Waals surface area contributed by atoms with Gasteiger partial charge in [0.05, 0.1) is 52.6 Å². The second-order valence-corrected chi connectivity index (χ2v) is 13.7. The van der Waals surface area contributed by atoms with Gasteiger partial charge in [0.15, 0.2) is 11.5 Å². The van der Waals surface area contributed by atoms with Crippen LogP contribution in [0.5, 0.6) is 11.5 Å². The largest absolute Gasteiger partial charge is 0.493 e. The molecule has 1 N–H and O–H groups in total. The standard InChI is InChI=1S/C31H31N3O9S/c1-32(26(35)9-6-19-11-15-42-18-19)23-10-12-31(36)25-16-20-7-8-24(41-2)28-27(20)30(31,29(23)43-28)13-14-33(25)44(39,40)22-5-3-4-21(17-22)34(37)38/h3-9,11,15,17-18,23,25,29,36H,10,12-14,16H2,1-2H3/b9-6-/t23-,25-,29+,30+,31-/m1/s1. The van der Waals surface area contributed by atoms with E-state index in [9.17, 15) is 28.4 Å². The van der Waals surface area contributed by atoms with Gasteiger partial charge in [0, 0.05) is 42.9 Å². The maximum atomic E-state index is 14.1. The number of nitro benzene ring substituents is 1. The van der Waals surface area contributed by atoms with Gasteiger partial charge in [-0.15, -0.1) is 0 Å². The number of hydrogen-bond acceptors (Lipinski definition) is 9. The van der Waals surface area contributed by atoms with Crippen molar-refractivity contribution >= 4 is 27.7 Å². The Hall–Kier alpha value is -4.20. The molecule has 4 aliphatic rings. The maximum Gasteiger partial charge on any atom is 0.270 e. The number of amides is 1. The third kappa shape index (κ3) is 3.82. The highest BCUT2D eigenvalue weighted by molar-refractivity contribution is 7.89. The molecule has 1 aromatic heterocycles. The van der Waals surface area contributed by atoms with Gasteiger partial charge in [-0.3, -0.25) is 14.9 Å².